The van der Waals surface area contributed by atoms with E-state index in [1.165, 1.54) is 6.07 Å². The molecule has 3 nitrogen and oxygen atoms in total. The molecule has 3 aromatic carbocycles. The van der Waals surface area contributed by atoms with E-state index in [2.05, 4.69) is 5.32 Å². The van der Waals surface area contributed by atoms with Crippen LogP contribution in [0, 0.1) is 0 Å². The van der Waals surface area contributed by atoms with Gasteiger partial charge in [-0.25, -0.2) is 0 Å². The Hall–Kier alpha value is -3.02. The first-order valence-corrected chi connectivity index (χ1v) is 9.18. The summed E-state index contributed by atoms with van der Waals surface area (Å²) in [6.45, 7) is 1.54. The van der Waals surface area contributed by atoms with Crippen LogP contribution >= 0.6 is 0 Å². The van der Waals surface area contributed by atoms with E-state index < -0.39 is 17.6 Å². The van der Waals surface area contributed by atoms with Crippen LogP contribution in [0.3, 0.4) is 0 Å². The molecule has 0 atom stereocenters. The summed E-state index contributed by atoms with van der Waals surface area (Å²) >= 11 is 0. The zero-order valence-electron chi connectivity index (χ0n) is 15.1. The SMILES string of the molecule is O=C(Nc1cc(C(F)(F)F)ccc1N1CCCC1)c1ccc2ccccc2c1. The van der Waals surface area contributed by atoms with Crippen molar-refractivity contribution < 1.29 is 18.0 Å². The standard InChI is InChI=1S/C22H19F3N2O/c23-22(24,25)18-9-10-20(27-11-3-4-12-27)19(14-18)26-21(28)17-8-7-15-5-1-2-6-16(15)13-17/h1-2,5-10,13-14H,3-4,11-12H2,(H,26,28). The Balaban J connectivity index is 1.68. The summed E-state index contributed by atoms with van der Waals surface area (Å²) in [4.78, 5) is 14.8. The molecule has 1 N–H and O–H groups in total. The third-order valence-corrected chi connectivity index (χ3v) is 5.03. The summed E-state index contributed by atoms with van der Waals surface area (Å²) in [5.41, 5.74) is 0.447. The Morgan fingerprint density at radius 3 is 2.32 bits per heavy atom. The first-order valence-electron chi connectivity index (χ1n) is 9.18. The highest BCUT2D eigenvalue weighted by atomic mass is 19.4. The zero-order valence-corrected chi connectivity index (χ0v) is 15.1. The number of carbonyl (C=O) groups is 1. The van der Waals surface area contributed by atoms with E-state index in [-0.39, 0.29) is 5.69 Å². The van der Waals surface area contributed by atoms with Gasteiger partial charge in [0.2, 0.25) is 0 Å². The molecule has 0 radical (unpaired) electrons. The van der Waals surface area contributed by atoms with E-state index >= 15 is 0 Å². The maximum atomic E-state index is 13.2. The number of nitrogens with zero attached hydrogens (tertiary/aromatic N) is 1. The first-order chi connectivity index (χ1) is 13.4. The van der Waals surface area contributed by atoms with Gasteiger partial charge < -0.3 is 10.2 Å². The van der Waals surface area contributed by atoms with Gasteiger partial charge in [0.15, 0.2) is 0 Å². The predicted octanol–water partition coefficient (Wildman–Crippen LogP) is 5.71. The third kappa shape index (κ3) is 3.67. The van der Waals surface area contributed by atoms with Gasteiger partial charge in [0.1, 0.15) is 0 Å². The van der Waals surface area contributed by atoms with Crippen molar-refractivity contribution in [1.29, 1.82) is 0 Å². The lowest BCUT2D eigenvalue weighted by atomic mass is 10.1. The van der Waals surface area contributed by atoms with Crippen LogP contribution in [0.15, 0.2) is 60.7 Å². The molecule has 0 aromatic heterocycles. The summed E-state index contributed by atoms with van der Waals surface area (Å²) in [5, 5.41) is 4.60. The van der Waals surface area contributed by atoms with Gasteiger partial charge in [0.05, 0.1) is 16.9 Å². The third-order valence-electron chi connectivity index (χ3n) is 5.03. The van der Waals surface area contributed by atoms with Crippen molar-refractivity contribution in [3.8, 4) is 0 Å². The van der Waals surface area contributed by atoms with Gasteiger partial charge in [-0.05, 0) is 53.9 Å². The Kier molecular flexibility index (Phi) is 4.71. The van der Waals surface area contributed by atoms with Gasteiger partial charge in [0, 0.05) is 18.7 Å². The fourth-order valence-corrected chi connectivity index (χ4v) is 3.57. The molecular formula is C22H19F3N2O. The Bertz CT molecular complexity index is 1020. The van der Waals surface area contributed by atoms with E-state index in [0.717, 1.165) is 48.8 Å². The molecule has 1 fully saturated rings. The second-order valence-corrected chi connectivity index (χ2v) is 6.94. The number of rotatable bonds is 3. The molecule has 1 aliphatic heterocycles. The van der Waals surface area contributed by atoms with Gasteiger partial charge in [-0.15, -0.1) is 0 Å². The number of amides is 1. The Morgan fingerprint density at radius 2 is 1.61 bits per heavy atom. The molecule has 1 aliphatic rings. The number of alkyl halides is 3. The van der Waals surface area contributed by atoms with E-state index in [9.17, 15) is 18.0 Å². The van der Waals surface area contributed by atoms with E-state index in [0.29, 0.717) is 11.3 Å². The lowest BCUT2D eigenvalue weighted by Crippen LogP contribution is -2.22. The normalized spacial score (nSPS) is 14.5. The van der Waals surface area contributed by atoms with E-state index in [1.807, 2.05) is 35.2 Å². The number of carbonyl (C=O) groups excluding carboxylic acids is 1. The highest BCUT2D eigenvalue weighted by Gasteiger charge is 2.32. The Labute approximate surface area is 160 Å². The smallest absolute Gasteiger partial charge is 0.370 e. The van der Waals surface area contributed by atoms with Crippen LogP contribution in [-0.4, -0.2) is 19.0 Å². The summed E-state index contributed by atoms with van der Waals surface area (Å²) in [6.07, 6.45) is -2.50. The second-order valence-electron chi connectivity index (χ2n) is 6.94. The number of anilines is 2. The van der Waals surface area contributed by atoms with Crippen molar-refractivity contribution in [3.05, 3.63) is 71.8 Å². The van der Waals surface area contributed by atoms with Crippen molar-refractivity contribution in [3.63, 3.8) is 0 Å². The number of nitrogens with one attached hydrogen (secondary N) is 1. The largest absolute Gasteiger partial charge is 0.416 e. The van der Waals surface area contributed by atoms with Crippen LogP contribution in [0.5, 0.6) is 0 Å². The van der Waals surface area contributed by atoms with Gasteiger partial charge in [-0.3, -0.25) is 4.79 Å². The molecule has 28 heavy (non-hydrogen) atoms. The molecule has 6 heteroatoms. The molecule has 144 valence electrons. The molecule has 0 aliphatic carbocycles. The molecule has 0 saturated carbocycles. The van der Waals surface area contributed by atoms with Crippen molar-refractivity contribution in [1.82, 2.24) is 0 Å². The topological polar surface area (TPSA) is 32.3 Å². The van der Waals surface area contributed by atoms with E-state index in [4.69, 9.17) is 0 Å². The average Bonchev–Trinajstić information content (AvgIpc) is 3.21. The Morgan fingerprint density at radius 1 is 0.893 bits per heavy atom. The lowest BCUT2D eigenvalue weighted by molar-refractivity contribution is -0.137. The van der Waals surface area contributed by atoms with Crippen molar-refractivity contribution in [2.45, 2.75) is 19.0 Å². The number of fused-ring (bicyclic) bond motifs is 1. The second kappa shape index (κ2) is 7.19. The minimum absolute atomic E-state index is 0.190. The number of hydrogen-bond donors (Lipinski definition) is 1. The molecule has 3 aromatic rings. The molecule has 0 bridgehead atoms. The van der Waals surface area contributed by atoms with Crippen LogP contribution in [0.4, 0.5) is 24.5 Å². The van der Waals surface area contributed by atoms with Crippen LogP contribution in [0.2, 0.25) is 0 Å². The maximum absolute atomic E-state index is 13.2. The quantitative estimate of drug-likeness (QED) is 0.627. The van der Waals surface area contributed by atoms with Crippen molar-refractivity contribution in [2.24, 2.45) is 0 Å². The molecule has 1 amide bonds. The van der Waals surface area contributed by atoms with Crippen molar-refractivity contribution >= 4 is 28.1 Å². The van der Waals surface area contributed by atoms with Crippen molar-refractivity contribution in [2.75, 3.05) is 23.3 Å². The fourth-order valence-electron chi connectivity index (χ4n) is 3.57. The molecule has 1 saturated heterocycles. The summed E-state index contributed by atoms with van der Waals surface area (Å²) in [5.74, 6) is -0.425. The average molecular weight is 384 g/mol. The zero-order chi connectivity index (χ0) is 19.7. The number of benzene rings is 3. The number of halogens is 3. The van der Waals surface area contributed by atoms with E-state index in [1.54, 1.807) is 12.1 Å². The molecule has 1 heterocycles. The summed E-state index contributed by atoms with van der Waals surface area (Å²) in [7, 11) is 0. The minimum atomic E-state index is -4.47. The van der Waals surface area contributed by atoms with Crippen LogP contribution in [-0.2, 0) is 6.18 Å². The molecule has 0 unspecified atom stereocenters. The summed E-state index contributed by atoms with van der Waals surface area (Å²) < 4.78 is 39.6. The first kappa shape index (κ1) is 18.3. The molecular weight excluding hydrogens is 365 g/mol. The summed E-state index contributed by atoms with van der Waals surface area (Å²) in [6, 6.07) is 16.4. The van der Waals surface area contributed by atoms with Crippen LogP contribution in [0.25, 0.3) is 10.8 Å². The number of hydrogen-bond acceptors (Lipinski definition) is 2. The predicted molar refractivity (Wildman–Crippen MR) is 105 cm³/mol. The van der Waals surface area contributed by atoms with Gasteiger partial charge in [-0.2, -0.15) is 13.2 Å². The lowest BCUT2D eigenvalue weighted by Gasteiger charge is -2.23. The van der Waals surface area contributed by atoms with Gasteiger partial charge in [0.25, 0.3) is 5.91 Å². The van der Waals surface area contributed by atoms with Crippen LogP contribution in [0.1, 0.15) is 28.8 Å². The fraction of sp³-hybridized carbons (Fsp3) is 0.227. The highest BCUT2D eigenvalue weighted by molar-refractivity contribution is 6.08. The van der Waals surface area contributed by atoms with Gasteiger partial charge >= 0.3 is 6.18 Å². The monoisotopic (exact) mass is 384 g/mol. The van der Waals surface area contributed by atoms with Crippen LogP contribution < -0.4 is 10.2 Å². The maximum Gasteiger partial charge on any atom is 0.416 e. The van der Waals surface area contributed by atoms with Gasteiger partial charge in [-0.1, -0.05) is 30.3 Å². The molecule has 4 rings (SSSR count). The highest BCUT2D eigenvalue weighted by Crippen LogP contribution is 2.36. The minimum Gasteiger partial charge on any atom is -0.370 e. The molecule has 0 spiro atoms.